The largest absolute Gasteiger partial charge is 0.314 e. The SMILES string of the molecule is C[C](C)C[C@H]1CCCN1. The smallest absolute Gasteiger partial charge is 0.00728 e. The molecule has 0 aromatic carbocycles. The summed E-state index contributed by atoms with van der Waals surface area (Å²) < 4.78 is 0. The van der Waals surface area contributed by atoms with Crippen molar-refractivity contribution in [1.29, 1.82) is 0 Å². The second-order valence-electron chi connectivity index (χ2n) is 3.20. The zero-order valence-corrected chi connectivity index (χ0v) is 6.41. The Morgan fingerprint density at radius 2 is 2.33 bits per heavy atom. The van der Waals surface area contributed by atoms with Crippen LogP contribution in [0.4, 0.5) is 0 Å². The lowest BCUT2D eigenvalue weighted by molar-refractivity contribution is 0.570. The number of nitrogens with one attached hydrogen (secondary N) is 1. The predicted octanol–water partition coefficient (Wildman–Crippen LogP) is 1.74. The molecule has 0 unspecified atom stereocenters. The van der Waals surface area contributed by atoms with E-state index in [4.69, 9.17) is 0 Å². The predicted molar refractivity (Wildman–Crippen MR) is 40.2 cm³/mol. The van der Waals surface area contributed by atoms with Crippen molar-refractivity contribution in [3.8, 4) is 0 Å². The molecule has 1 heteroatoms. The molecule has 0 aliphatic carbocycles. The Balaban J connectivity index is 2.11. The molecule has 1 rings (SSSR count). The summed E-state index contributed by atoms with van der Waals surface area (Å²) in [6.45, 7) is 5.65. The summed E-state index contributed by atoms with van der Waals surface area (Å²) in [4.78, 5) is 0. The molecule has 1 aliphatic heterocycles. The van der Waals surface area contributed by atoms with E-state index in [-0.39, 0.29) is 0 Å². The lowest BCUT2D eigenvalue weighted by atomic mass is 10.0. The van der Waals surface area contributed by atoms with Crippen molar-refractivity contribution < 1.29 is 0 Å². The van der Waals surface area contributed by atoms with E-state index in [9.17, 15) is 0 Å². The molecule has 1 heterocycles. The normalized spacial score (nSPS) is 27.7. The first kappa shape index (κ1) is 7.07. The summed E-state index contributed by atoms with van der Waals surface area (Å²) in [5.41, 5.74) is 0. The highest BCUT2D eigenvalue weighted by atomic mass is 14.9. The van der Waals surface area contributed by atoms with Gasteiger partial charge in [-0.25, -0.2) is 0 Å². The molecule has 0 aromatic rings. The Morgan fingerprint density at radius 1 is 1.56 bits per heavy atom. The van der Waals surface area contributed by atoms with Crippen LogP contribution in [0.3, 0.4) is 0 Å². The van der Waals surface area contributed by atoms with E-state index in [2.05, 4.69) is 19.2 Å². The van der Waals surface area contributed by atoms with Crippen LogP contribution >= 0.6 is 0 Å². The second kappa shape index (κ2) is 3.21. The van der Waals surface area contributed by atoms with Gasteiger partial charge in [-0.15, -0.1) is 0 Å². The molecule has 53 valence electrons. The van der Waals surface area contributed by atoms with E-state index < -0.39 is 0 Å². The fourth-order valence-corrected chi connectivity index (χ4v) is 1.42. The van der Waals surface area contributed by atoms with E-state index >= 15 is 0 Å². The minimum Gasteiger partial charge on any atom is -0.314 e. The summed E-state index contributed by atoms with van der Waals surface area (Å²) in [5.74, 6) is 1.55. The molecule has 9 heavy (non-hydrogen) atoms. The minimum absolute atomic E-state index is 0.801. The zero-order valence-electron chi connectivity index (χ0n) is 6.41. The zero-order chi connectivity index (χ0) is 6.69. The number of rotatable bonds is 2. The van der Waals surface area contributed by atoms with Crippen molar-refractivity contribution in [3.63, 3.8) is 0 Å². The van der Waals surface area contributed by atoms with Crippen molar-refractivity contribution in [2.75, 3.05) is 6.54 Å². The lowest BCUT2D eigenvalue weighted by Gasteiger charge is -2.11. The van der Waals surface area contributed by atoms with E-state index in [1.54, 1.807) is 5.92 Å². The van der Waals surface area contributed by atoms with E-state index in [0.29, 0.717) is 0 Å². The van der Waals surface area contributed by atoms with Gasteiger partial charge < -0.3 is 5.32 Å². The molecule has 0 amide bonds. The van der Waals surface area contributed by atoms with Gasteiger partial charge in [0, 0.05) is 6.04 Å². The van der Waals surface area contributed by atoms with Gasteiger partial charge in [0.1, 0.15) is 0 Å². The van der Waals surface area contributed by atoms with Crippen molar-refractivity contribution in [1.82, 2.24) is 5.32 Å². The monoisotopic (exact) mass is 126 g/mol. The molecule has 0 saturated carbocycles. The van der Waals surface area contributed by atoms with Crippen molar-refractivity contribution in [3.05, 3.63) is 5.92 Å². The van der Waals surface area contributed by atoms with E-state index in [1.165, 1.54) is 25.8 Å². The summed E-state index contributed by atoms with van der Waals surface area (Å²) in [7, 11) is 0. The lowest BCUT2D eigenvalue weighted by Crippen LogP contribution is -2.22. The van der Waals surface area contributed by atoms with Crippen LogP contribution in [-0.4, -0.2) is 12.6 Å². The molecule has 0 bridgehead atoms. The van der Waals surface area contributed by atoms with Crippen molar-refractivity contribution in [2.24, 2.45) is 0 Å². The number of hydrogen-bond acceptors (Lipinski definition) is 1. The Hall–Kier alpha value is -0.0400. The molecule has 1 saturated heterocycles. The Kier molecular flexibility index (Phi) is 2.52. The topological polar surface area (TPSA) is 12.0 Å². The first-order chi connectivity index (χ1) is 4.29. The van der Waals surface area contributed by atoms with Crippen LogP contribution in [0.15, 0.2) is 0 Å². The van der Waals surface area contributed by atoms with Gasteiger partial charge in [0.25, 0.3) is 0 Å². The van der Waals surface area contributed by atoms with Gasteiger partial charge in [0.05, 0.1) is 0 Å². The maximum Gasteiger partial charge on any atom is 0.00728 e. The van der Waals surface area contributed by atoms with Crippen LogP contribution in [0.1, 0.15) is 33.1 Å². The third-order valence-electron chi connectivity index (χ3n) is 1.82. The molecule has 1 nitrogen and oxygen atoms in total. The average Bonchev–Trinajstić information content (AvgIpc) is 2.15. The maximum atomic E-state index is 3.47. The molecular formula is C8H16N. The second-order valence-corrected chi connectivity index (χ2v) is 3.20. The van der Waals surface area contributed by atoms with Crippen LogP contribution in [0.25, 0.3) is 0 Å². The van der Waals surface area contributed by atoms with Gasteiger partial charge in [0.15, 0.2) is 0 Å². The highest BCUT2D eigenvalue weighted by Crippen LogP contribution is 2.14. The van der Waals surface area contributed by atoms with Crippen LogP contribution in [0, 0.1) is 5.92 Å². The first-order valence-electron chi connectivity index (χ1n) is 3.81. The molecule has 1 aliphatic rings. The highest BCUT2D eigenvalue weighted by molar-refractivity contribution is 4.86. The van der Waals surface area contributed by atoms with E-state index in [1.807, 2.05) is 0 Å². The third-order valence-corrected chi connectivity index (χ3v) is 1.82. The van der Waals surface area contributed by atoms with Gasteiger partial charge in [-0.05, 0) is 31.7 Å². The van der Waals surface area contributed by atoms with Crippen LogP contribution in [0.5, 0.6) is 0 Å². The Bertz CT molecular complexity index is 72.6. The maximum absolute atomic E-state index is 3.47. The summed E-state index contributed by atoms with van der Waals surface area (Å²) in [6.07, 6.45) is 4.03. The molecule has 1 radical (unpaired) electrons. The molecule has 0 aromatic heterocycles. The summed E-state index contributed by atoms with van der Waals surface area (Å²) in [5, 5.41) is 3.47. The molecule has 1 N–H and O–H groups in total. The van der Waals surface area contributed by atoms with Crippen molar-refractivity contribution >= 4 is 0 Å². The molecule has 1 atom stereocenters. The quantitative estimate of drug-likeness (QED) is 0.594. The number of hydrogen-bond donors (Lipinski definition) is 1. The van der Waals surface area contributed by atoms with Gasteiger partial charge in [-0.2, -0.15) is 0 Å². The minimum atomic E-state index is 0.801. The standard InChI is InChI=1S/C8H16N/c1-7(2)6-8-4-3-5-9-8/h8-9H,3-6H2,1-2H3/t8-/m1/s1. The van der Waals surface area contributed by atoms with Crippen LogP contribution in [-0.2, 0) is 0 Å². The summed E-state index contributed by atoms with van der Waals surface area (Å²) >= 11 is 0. The summed E-state index contributed by atoms with van der Waals surface area (Å²) in [6, 6.07) is 0.801. The fourth-order valence-electron chi connectivity index (χ4n) is 1.42. The molecule has 1 fully saturated rings. The van der Waals surface area contributed by atoms with Gasteiger partial charge in [0.2, 0.25) is 0 Å². The highest BCUT2D eigenvalue weighted by Gasteiger charge is 2.14. The molecular weight excluding hydrogens is 110 g/mol. The average molecular weight is 126 g/mol. The van der Waals surface area contributed by atoms with Gasteiger partial charge in [-0.1, -0.05) is 13.8 Å². The van der Waals surface area contributed by atoms with Crippen LogP contribution in [0.2, 0.25) is 0 Å². The third kappa shape index (κ3) is 2.35. The van der Waals surface area contributed by atoms with Gasteiger partial charge >= 0.3 is 0 Å². The van der Waals surface area contributed by atoms with E-state index in [0.717, 1.165) is 6.04 Å². The molecule has 0 spiro atoms. The van der Waals surface area contributed by atoms with Crippen molar-refractivity contribution in [2.45, 2.75) is 39.2 Å². The van der Waals surface area contributed by atoms with Crippen LogP contribution < -0.4 is 5.32 Å². The Labute approximate surface area is 57.8 Å². The fraction of sp³-hybridized carbons (Fsp3) is 0.875. The Morgan fingerprint density at radius 3 is 2.78 bits per heavy atom. The first-order valence-corrected chi connectivity index (χ1v) is 3.81. The van der Waals surface area contributed by atoms with Gasteiger partial charge in [-0.3, -0.25) is 0 Å².